The van der Waals surface area contributed by atoms with Crippen molar-refractivity contribution >= 4 is 5.91 Å². The summed E-state index contributed by atoms with van der Waals surface area (Å²) in [5.74, 6) is 0.236. The molecule has 0 bridgehead atoms. The maximum absolute atomic E-state index is 12.3. The fraction of sp³-hybridized carbons (Fsp3) is 0.588. The van der Waals surface area contributed by atoms with Gasteiger partial charge in [0.1, 0.15) is 0 Å². The first-order valence-corrected chi connectivity index (χ1v) is 7.86. The Bertz CT molecular complexity index is 497. The number of fused-ring (bicyclic) bond motifs is 1. The van der Waals surface area contributed by atoms with E-state index in [4.69, 9.17) is 4.74 Å². The zero-order valence-electron chi connectivity index (χ0n) is 12.8. The fourth-order valence-electron chi connectivity index (χ4n) is 3.31. The van der Waals surface area contributed by atoms with E-state index in [2.05, 4.69) is 36.2 Å². The molecule has 3 rings (SSSR count). The minimum atomic E-state index is 0.236. The Balaban J connectivity index is 1.56. The molecule has 1 heterocycles. The van der Waals surface area contributed by atoms with Crippen LogP contribution in [-0.4, -0.2) is 61.6 Å². The molecule has 1 aliphatic heterocycles. The minimum Gasteiger partial charge on any atom is -0.378 e. The molecule has 1 aromatic carbocycles. The normalized spacial score (nSPS) is 22.2. The molecule has 0 saturated carbocycles. The largest absolute Gasteiger partial charge is 0.378 e. The standard InChI is InChI=1S/C17H24N2O2/c1-18(13-17(20)19-8-10-21-11-9-19)16-7-6-14-4-2-3-5-15(14)12-16/h2-5,16H,6-13H2,1H3. The Hall–Kier alpha value is -1.39. The summed E-state index contributed by atoms with van der Waals surface area (Å²) >= 11 is 0. The van der Waals surface area contributed by atoms with Gasteiger partial charge in [-0.25, -0.2) is 0 Å². The van der Waals surface area contributed by atoms with Crippen LogP contribution >= 0.6 is 0 Å². The lowest BCUT2D eigenvalue weighted by molar-refractivity contribution is -0.136. The lowest BCUT2D eigenvalue weighted by Crippen LogP contribution is -2.47. The average molecular weight is 288 g/mol. The van der Waals surface area contributed by atoms with Gasteiger partial charge >= 0.3 is 0 Å². The van der Waals surface area contributed by atoms with Gasteiger partial charge in [0, 0.05) is 19.1 Å². The molecule has 4 heteroatoms. The van der Waals surface area contributed by atoms with Crippen molar-refractivity contribution in [3.05, 3.63) is 35.4 Å². The summed E-state index contributed by atoms with van der Waals surface area (Å²) < 4.78 is 5.30. The highest BCUT2D eigenvalue weighted by Crippen LogP contribution is 2.23. The summed E-state index contributed by atoms with van der Waals surface area (Å²) in [5, 5.41) is 0. The van der Waals surface area contributed by atoms with Crippen LogP contribution in [0.15, 0.2) is 24.3 Å². The molecular weight excluding hydrogens is 264 g/mol. The van der Waals surface area contributed by atoms with Crippen molar-refractivity contribution in [1.29, 1.82) is 0 Å². The quantitative estimate of drug-likeness (QED) is 0.841. The van der Waals surface area contributed by atoms with Gasteiger partial charge in [-0.1, -0.05) is 24.3 Å². The number of hydrogen-bond acceptors (Lipinski definition) is 3. The molecule has 1 amide bonds. The number of aryl methyl sites for hydroxylation is 1. The Morgan fingerprint density at radius 3 is 2.76 bits per heavy atom. The summed E-state index contributed by atoms with van der Waals surface area (Å²) in [4.78, 5) is 16.5. The highest BCUT2D eigenvalue weighted by molar-refractivity contribution is 5.78. The average Bonchev–Trinajstić information content (AvgIpc) is 2.55. The molecule has 1 aliphatic carbocycles. The summed E-state index contributed by atoms with van der Waals surface area (Å²) in [5.41, 5.74) is 2.92. The number of carbonyl (C=O) groups excluding carboxylic acids is 1. The van der Waals surface area contributed by atoms with Crippen LogP contribution in [0.3, 0.4) is 0 Å². The number of carbonyl (C=O) groups is 1. The number of ether oxygens (including phenoxy) is 1. The second-order valence-electron chi connectivity index (χ2n) is 6.07. The molecule has 1 saturated heterocycles. The predicted octanol–water partition coefficient (Wildman–Crippen LogP) is 1.33. The third-order valence-electron chi connectivity index (χ3n) is 4.69. The fourth-order valence-corrected chi connectivity index (χ4v) is 3.31. The molecule has 1 unspecified atom stereocenters. The van der Waals surface area contributed by atoms with Gasteiger partial charge < -0.3 is 9.64 Å². The van der Waals surface area contributed by atoms with Crippen LogP contribution in [0.1, 0.15) is 17.5 Å². The van der Waals surface area contributed by atoms with Crippen LogP contribution < -0.4 is 0 Å². The Labute approximate surface area is 126 Å². The molecule has 0 N–H and O–H groups in total. The molecule has 1 atom stereocenters. The van der Waals surface area contributed by atoms with Crippen LogP contribution in [0.5, 0.6) is 0 Å². The number of nitrogens with zero attached hydrogens (tertiary/aromatic N) is 2. The van der Waals surface area contributed by atoms with E-state index in [1.54, 1.807) is 0 Å². The van der Waals surface area contributed by atoms with Crippen LogP contribution in [-0.2, 0) is 22.4 Å². The third kappa shape index (κ3) is 3.44. The summed E-state index contributed by atoms with van der Waals surface area (Å²) in [6, 6.07) is 9.15. The molecule has 2 aliphatic rings. The topological polar surface area (TPSA) is 32.8 Å². The van der Waals surface area contributed by atoms with Crippen molar-refractivity contribution in [3.8, 4) is 0 Å². The molecular formula is C17H24N2O2. The summed E-state index contributed by atoms with van der Waals surface area (Å²) in [6.45, 7) is 3.34. The van der Waals surface area contributed by atoms with Crippen molar-refractivity contribution in [2.24, 2.45) is 0 Å². The lowest BCUT2D eigenvalue weighted by Gasteiger charge is -2.34. The highest BCUT2D eigenvalue weighted by atomic mass is 16.5. The van der Waals surface area contributed by atoms with Crippen molar-refractivity contribution < 1.29 is 9.53 Å². The smallest absolute Gasteiger partial charge is 0.236 e. The second kappa shape index (κ2) is 6.58. The van der Waals surface area contributed by atoms with Crippen molar-refractivity contribution in [2.45, 2.75) is 25.3 Å². The van der Waals surface area contributed by atoms with Gasteiger partial charge in [-0.2, -0.15) is 0 Å². The Morgan fingerprint density at radius 2 is 2.00 bits per heavy atom. The predicted molar refractivity (Wildman–Crippen MR) is 82.3 cm³/mol. The van der Waals surface area contributed by atoms with E-state index < -0.39 is 0 Å². The van der Waals surface area contributed by atoms with E-state index >= 15 is 0 Å². The number of hydrogen-bond donors (Lipinski definition) is 0. The van der Waals surface area contributed by atoms with Crippen molar-refractivity contribution in [3.63, 3.8) is 0 Å². The van der Waals surface area contributed by atoms with Gasteiger partial charge in [0.05, 0.1) is 19.8 Å². The number of morpholine rings is 1. The number of likely N-dealkylation sites (N-methyl/N-ethyl adjacent to an activating group) is 1. The van der Waals surface area contributed by atoms with Crippen molar-refractivity contribution in [1.82, 2.24) is 9.80 Å². The number of amides is 1. The first-order chi connectivity index (χ1) is 10.2. The minimum absolute atomic E-state index is 0.236. The monoisotopic (exact) mass is 288 g/mol. The zero-order valence-corrected chi connectivity index (χ0v) is 12.8. The second-order valence-corrected chi connectivity index (χ2v) is 6.07. The molecule has 0 radical (unpaired) electrons. The maximum atomic E-state index is 12.3. The van der Waals surface area contributed by atoms with Gasteiger partial charge in [0.2, 0.25) is 5.91 Å². The van der Waals surface area contributed by atoms with E-state index in [9.17, 15) is 4.79 Å². The highest BCUT2D eigenvalue weighted by Gasteiger charge is 2.25. The first kappa shape index (κ1) is 14.5. The molecule has 1 fully saturated rings. The summed E-state index contributed by atoms with van der Waals surface area (Å²) in [7, 11) is 2.08. The van der Waals surface area contributed by atoms with Crippen LogP contribution in [0.25, 0.3) is 0 Å². The Kier molecular flexibility index (Phi) is 4.56. The Morgan fingerprint density at radius 1 is 1.29 bits per heavy atom. The summed E-state index contributed by atoms with van der Waals surface area (Å²) in [6.07, 6.45) is 3.32. The van der Waals surface area contributed by atoms with E-state index in [0.29, 0.717) is 25.8 Å². The van der Waals surface area contributed by atoms with E-state index in [1.807, 2.05) is 4.90 Å². The SMILES string of the molecule is CN(CC(=O)N1CCOCC1)C1CCc2ccccc2C1. The van der Waals surface area contributed by atoms with E-state index in [0.717, 1.165) is 32.4 Å². The van der Waals surface area contributed by atoms with E-state index in [1.165, 1.54) is 11.1 Å². The molecule has 4 nitrogen and oxygen atoms in total. The van der Waals surface area contributed by atoms with E-state index in [-0.39, 0.29) is 5.91 Å². The van der Waals surface area contributed by atoms with Gasteiger partial charge in [-0.05, 0) is 37.4 Å². The van der Waals surface area contributed by atoms with Crippen molar-refractivity contribution in [2.75, 3.05) is 39.9 Å². The number of rotatable bonds is 3. The molecule has 0 aromatic heterocycles. The lowest BCUT2D eigenvalue weighted by atomic mass is 9.88. The number of benzene rings is 1. The zero-order chi connectivity index (χ0) is 14.7. The first-order valence-electron chi connectivity index (χ1n) is 7.86. The van der Waals surface area contributed by atoms with Gasteiger partial charge in [0.25, 0.3) is 0 Å². The maximum Gasteiger partial charge on any atom is 0.236 e. The van der Waals surface area contributed by atoms with Crippen LogP contribution in [0.4, 0.5) is 0 Å². The van der Waals surface area contributed by atoms with Crippen LogP contribution in [0.2, 0.25) is 0 Å². The van der Waals surface area contributed by atoms with Gasteiger partial charge in [0.15, 0.2) is 0 Å². The van der Waals surface area contributed by atoms with Gasteiger partial charge in [-0.15, -0.1) is 0 Å². The molecule has 1 aromatic rings. The van der Waals surface area contributed by atoms with Gasteiger partial charge in [-0.3, -0.25) is 9.69 Å². The molecule has 21 heavy (non-hydrogen) atoms. The third-order valence-corrected chi connectivity index (χ3v) is 4.69. The molecule has 0 spiro atoms. The van der Waals surface area contributed by atoms with Crippen LogP contribution in [0, 0.1) is 0 Å². The molecule has 114 valence electrons.